The number of nitrogens with one attached hydrogen (secondary N) is 2. The molecule has 0 radical (unpaired) electrons. The molecular weight excluding hydrogens is 392 g/mol. The van der Waals surface area contributed by atoms with E-state index in [1.165, 1.54) is 5.56 Å². The molecule has 2 unspecified atom stereocenters. The molecule has 1 fully saturated rings. The fraction of sp³-hybridized carbons (Fsp3) is 0.520. The summed E-state index contributed by atoms with van der Waals surface area (Å²) in [6.07, 6.45) is 4.54. The van der Waals surface area contributed by atoms with Gasteiger partial charge in [-0.15, -0.1) is 0 Å². The SMILES string of the molecule is CNCC1OC(C2(CCc3ccc(OC)cc3)CCNCC2)Cc2c1ccc(O)c2O. The van der Waals surface area contributed by atoms with Crippen molar-refractivity contribution in [3.8, 4) is 17.2 Å². The Balaban J connectivity index is 1.61. The third-order valence-electron chi connectivity index (χ3n) is 7.11. The first-order valence-electron chi connectivity index (χ1n) is 11.2. The average Bonchev–Trinajstić information content (AvgIpc) is 2.81. The second-order valence-corrected chi connectivity index (χ2v) is 8.84. The van der Waals surface area contributed by atoms with E-state index in [0.29, 0.717) is 13.0 Å². The normalized spacial score (nSPS) is 22.6. The van der Waals surface area contributed by atoms with Crippen LogP contribution in [-0.4, -0.2) is 50.1 Å². The minimum atomic E-state index is -0.141. The van der Waals surface area contributed by atoms with Crippen molar-refractivity contribution in [2.75, 3.05) is 33.8 Å². The molecule has 0 amide bonds. The molecule has 2 aliphatic heterocycles. The number of aryl methyl sites for hydroxylation is 1. The number of methoxy groups -OCH3 is 1. The van der Waals surface area contributed by atoms with Crippen molar-refractivity contribution in [2.24, 2.45) is 5.41 Å². The molecule has 0 aromatic heterocycles. The van der Waals surface area contributed by atoms with Crippen molar-refractivity contribution in [3.63, 3.8) is 0 Å². The molecule has 6 nitrogen and oxygen atoms in total. The van der Waals surface area contributed by atoms with Gasteiger partial charge in [-0.3, -0.25) is 0 Å². The van der Waals surface area contributed by atoms with E-state index in [1.807, 2.05) is 25.2 Å². The molecule has 2 aromatic carbocycles. The number of likely N-dealkylation sites (N-methyl/N-ethyl adjacent to an activating group) is 1. The van der Waals surface area contributed by atoms with E-state index in [9.17, 15) is 10.2 Å². The molecule has 0 aliphatic carbocycles. The predicted octanol–water partition coefficient (Wildman–Crippen LogP) is 3.31. The molecule has 31 heavy (non-hydrogen) atoms. The molecule has 4 N–H and O–H groups in total. The van der Waals surface area contributed by atoms with Crippen LogP contribution in [0.5, 0.6) is 17.2 Å². The van der Waals surface area contributed by atoms with Crippen LogP contribution < -0.4 is 15.4 Å². The first-order chi connectivity index (χ1) is 15.1. The third-order valence-corrected chi connectivity index (χ3v) is 7.11. The summed E-state index contributed by atoms with van der Waals surface area (Å²) in [6.45, 7) is 2.61. The van der Waals surface area contributed by atoms with Crippen LogP contribution in [0.2, 0.25) is 0 Å². The number of piperidine rings is 1. The monoisotopic (exact) mass is 426 g/mol. The molecule has 2 atom stereocenters. The Morgan fingerprint density at radius 1 is 1.13 bits per heavy atom. The van der Waals surface area contributed by atoms with Gasteiger partial charge in [-0.25, -0.2) is 0 Å². The van der Waals surface area contributed by atoms with Gasteiger partial charge in [0.05, 0.1) is 19.3 Å². The van der Waals surface area contributed by atoms with Gasteiger partial charge in [0.25, 0.3) is 0 Å². The van der Waals surface area contributed by atoms with E-state index in [-0.39, 0.29) is 29.1 Å². The average molecular weight is 427 g/mol. The number of phenolic OH excluding ortho intramolecular Hbond substituents is 2. The highest BCUT2D eigenvalue weighted by molar-refractivity contribution is 5.51. The third kappa shape index (κ3) is 4.52. The molecule has 2 aliphatic rings. The van der Waals surface area contributed by atoms with Gasteiger partial charge < -0.3 is 30.3 Å². The van der Waals surface area contributed by atoms with Gasteiger partial charge in [0.15, 0.2) is 11.5 Å². The summed E-state index contributed by atoms with van der Waals surface area (Å²) in [4.78, 5) is 0. The lowest BCUT2D eigenvalue weighted by Crippen LogP contribution is -2.49. The zero-order chi connectivity index (χ0) is 21.8. The number of rotatable bonds is 7. The number of phenols is 2. The zero-order valence-electron chi connectivity index (χ0n) is 18.5. The Bertz CT molecular complexity index is 878. The van der Waals surface area contributed by atoms with Crippen LogP contribution in [0.3, 0.4) is 0 Å². The van der Waals surface area contributed by atoms with Crippen molar-refractivity contribution >= 4 is 0 Å². The van der Waals surface area contributed by atoms with Crippen molar-refractivity contribution in [1.82, 2.24) is 10.6 Å². The topological polar surface area (TPSA) is 83.0 Å². The van der Waals surface area contributed by atoms with Gasteiger partial charge in [0, 0.05) is 18.5 Å². The number of benzene rings is 2. The highest BCUT2D eigenvalue weighted by Gasteiger charge is 2.44. The molecule has 4 rings (SSSR count). The van der Waals surface area contributed by atoms with Gasteiger partial charge in [-0.1, -0.05) is 18.2 Å². The van der Waals surface area contributed by atoms with Crippen LogP contribution in [0.4, 0.5) is 0 Å². The zero-order valence-corrected chi connectivity index (χ0v) is 18.5. The Morgan fingerprint density at radius 2 is 1.87 bits per heavy atom. The maximum atomic E-state index is 10.6. The fourth-order valence-electron chi connectivity index (χ4n) is 5.21. The maximum Gasteiger partial charge on any atom is 0.161 e. The number of ether oxygens (including phenoxy) is 2. The molecular formula is C25H34N2O4. The number of hydrogen-bond donors (Lipinski definition) is 4. The number of hydrogen-bond acceptors (Lipinski definition) is 6. The number of aromatic hydroxyl groups is 2. The summed E-state index contributed by atoms with van der Waals surface area (Å²) in [6, 6.07) is 11.7. The molecule has 0 saturated carbocycles. The smallest absolute Gasteiger partial charge is 0.161 e. The van der Waals surface area contributed by atoms with Gasteiger partial charge in [0.2, 0.25) is 0 Å². The Labute approximate surface area is 184 Å². The summed E-state index contributed by atoms with van der Waals surface area (Å²) < 4.78 is 12.0. The van der Waals surface area contributed by atoms with Gasteiger partial charge >= 0.3 is 0 Å². The summed E-state index contributed by atoms with van der Waals surface area (Å²) in [5.41, 5.74) is 3.12. The summed E-state index contributed by atoms with van der Waals surface area (Å²) in [5, 5.41) is 27.5. The van der Waals surface area contributed by atoms with Crippen molar-refractivity contribution in [3.05, 3.63) is 53.1 Å². The van der Waals surface area contributed by atoms with Crippen LogP contribution in [0.15, 0.2) is 36.4 Å². The molecule has 168 valence electrons. The standard InChI is InChI=1S/C25H34N2O4/c1-26-16-22-19-7-8-21(28)24(29)20(19)15-23(31-22)25(11-13-27-14-12-25)10-9-17-3-5-18(30-2)6-4-17/h3-8,22-23,26-29H,9-16H2,1-2H3. The molecule has 2 aromatic rings. The van der Waals surface area contributed by atoms with Crippen LogP contribution in [0.1, 0.15) is 42.1 Å². The van der Waals surface area contributed by atoms with Crippen molar-refractivity contribution in [1.29, 1.82) is 0 Å². The van der Waals surface area contributed by atoms with Crippen LogP contribution in [0.25, 0.3) is 0 Å². The van der Waals surface area contributed by atoms with E-state index in [0.717, 1.165) is 55.6 Å². The van der Waals surface area contributed by atoms with Crippen molar-refractivity contribution in [2.45, 2.75) is 44.3 Å². The molecule has 0 bridgehead atoms. The van der Waals surface area contributed by atoms with E-state index < -0.39 is 0 Å². The highest BCUT2D eigenvalue weighted by atomic mass is 16.5. The van der Waals surface area contributed by atoms with Gasteiger partial charge in [-0.05, 0) is 80.6 Å². The van der Waals surface area contributed by atoms with Gasteiger partial charge in [-0.2, -0.15) is 0 Å². The van der Waals surface area contributed by atoms with Crippen molar-refractivity contribution < 1.29 is 19.7 Å². The van der Waals surface area contributed by atoms with E-state index >= 15 is 0 Å². The van der Waals surface area contributed by atoms with Gasteiger partial charge in [0.1, 0.15) is 5.75 Å². The second-order valence-electron chi connectivity index (χ2n) is 8.84. The first kappa shape index (κ1) is 21.9. The summed E-state index contributed by atoms with van der Waals surface area (Å²) >= 11 is 0. The highest BCUT2D eigenvalue weighted by Crippen LogP contribution is 2.48. The minimum absolute atomic E-state index is 0.00569. The van der Waals surface area contributed by atoms with E-state index in [4.69, 9.17) is 9.47 Å². The summed E-state index contributed by atoms with van der Waals surface area (Å²) in [5.74, 6) is 0.823. The molecule has 1 saturated heterocycles. The quantitative estimate of drug-likeness (QED) is 0.509. The van der Waals surface area contributed by atoms with E-state index in [2.05, 4.69) is 22.8 Å². The fourth-order valence-corrected chi connectivity index (χ4v) is 5.21. The lowest BCUT2D eigenvalue weighted by molar-refractivity contribution is -0.108. The lowest BCUT2D eigenvalue weighted by atomic mass is 9.67. The molecule has 6 heteroatoms. The molecule has 2 heterocycles. The number of fused-ring (bicyclic) bond motifs is 1. The van der Waals surface area contributed by atoms with Crippen LogP contribution >= 0.6 is 0 Å². The summed E-state index contributed by atoms with van der Waals surface area (Å²) in [7, 11) is 3.60. The van der Waals surface area contributed by atoms with E-state index in [1.54, 1.807) is 13.2 Å². The first-order valence-corrected chi connectivity index (χ1v) is 11.2. The molecule has 0 spiro atoms. The largest absolute Gasteiger partial charge is 0.504 e. The van der Waals surface area contributed by atoms with Crippen LogP contribution in [0, 0.1) is 5.41 Å². The minimum Gasteiger partial charge on any atom is -0.504 e. The predicted molar refractivity (Wildman–Crippen MR) is 121 cm³/mol. The Hall–Kier alpha value is -2.28. The maximum absolute atomic E-state index is 10.6. The second kappa shape index (κ2) is 9.47. The Morgan fingerprint density at radius 3 is 2.55 bits per heavy atom. The lowest BCUT2D eigenvalue weighted by Gasteiger charge is -2.47. The van der Waals surface area contributed by atoms with Crippen LogP contribution in [-0.2, 0) is 17.6 Å². The Kier molecular flexibility index (Phi) is 6.70.